The molecule has 0 spiro atoms. The van der Waals surface area contributed by atoms with E-state index in [2.05, 4.69) is 10.2 Å². The van der Waals surface area contributed by atoms with Crippen molar-refractivity contribution in [2.75, 3.05) is 19.6 Å². The van der Waals surface area contributed by atoms with Gasteiger partial charge >= 0.3 is 0 Å². The summed E-state index contributed by atoms with van der Waals surface area (Å²) in [5, 5.41) is 3.94. The molecule has 1 aliphatic heterocycles. The van der Waals surface area contributed by atoms with Crippen LogP contribution in [0.5, 0.6) is 0 Å². The number of hydrogen-bond acceptors (Lipinski definition) is 2. The summed E-state index contributed by atoms with van der Waals surface area (Å²) in [6, 6.07) is 5.78. The number of amides is 1. The second kappa shape index (κ2) is 5.92. The van der Waals surface area contributed by atoms with E-state index in [0.29, 0.717) is 21.5 Å². The first-order valence-electron chi connectivity index (χ1n) is 7.11. The summed E-state index contributed by atoms with van der Waals surface area (Å²) >= 11 is 11.9. The molecule has 0 aromatic heterocycles. The van der Waals surface area contributed by atoms with Crippen molar-refractivity contribution in [1.82, 2.24) is 10.2 Å². The van der Waals surface area contributed by atoms with Gasteiger partial charge in [0, 0.05) is 24.2 Å². The summed E-state index contributed by atoms with van der Waals surface area (Å²) in [5.41, 5.74) is 0.494. The number of carbonyl (C=O) groups excluding carboxylic acids is 1. The first-order chi connectivity index (χ1) is 9.63. The van der Waals surface area contributed by atoms with Crippen LogP contribution in [0.2, 0.25) is 10.0 Å². The highest BCUT2D eigenvalue weighted by Gasteiger charge is 2.34. The fraction of sp³-hybridized carbons (Fsp3) is 0.533. The summed E-state index contributed by atoms with van der Waals surface area (Å²) < 4.78 is 0. The normalized spacial score (nSPS) is 23.0. The van der Waals surface area contributed by atoms with E-state index in [1.807, 2.05) is 0 Å². The fourth-order valence-corrected chi connectivity index (χ4v) is 3.30. The first kappa shape index (κ1) is 14.2. The van der Waals surface area contributed by atoms with Crippen LogP contribution in [-0.4, -0.2) is 36.5 Å². The molecule has 1 aromatic rings. The van der Waals surface area contributed by atoms with Crippen LogP contribution in [0.25, 0.3) is 0 Å². The molecule has 3 nitrogen and oxygen atoms in total. The van der Waals surface area contributed by atoms with Gasteiger partial charge in [0.2, 0.25) is 0 Å². The number of nitrogens with zero attached hydrogens (tertiary/aromatic N) is 1. The minimum absolute atomic E-state index is 0.114. The third-order valence-corrected chi connectivity index (χ3v) is 4.66. The summed E-state index contributed by atoms with van der Waals surface area (Å²) in [4.78, 5) is 14.7. The van der Waals surface area contributed by atoms with Gasteiger partial charge in [-0.3, -0.25) is 4.79 Å². The monoisotopic (exact) mass is 312 g/mol. The zero-order valence-electron chi connectivity index (χ0n) is 11.2. The molecule has 3 rings (SSSR count). The van der Waals surface area contributed by atoms with Crippen LogP contribution in [-0.2, 0) is 0 Å². The first-order valence-corrected chi connectivity index (χ1v) is 7.86. The topological polar surface area (TPSA) is 32.3 Å². The standard InChI is InChI=1S/C15H18Cl2N2O/c16-11-1-4-13(14(17)7-11)15(20)18-8-10-5-6-19(9-10)12-2-3-12/h1,4,7,10,12H,2-3,5-6,8-9H2,(H,18,20). The van der Waals surface area contributed by atoms with Crippen molar-refractivity contribution in [3.8, 4) is 0 Å². The Morgan fingerprint density at radius 1 is 1.30 bits per heavy atom. The SMILES string of the molecule is O=C(NCC1CCN(C2CC2)C1)c1ccc(Cl)cc1Cl. The molecule has 0 radical (unpaired) electrons. The predicted molar refractivity (Wildman–Crippen MR) is 81.5 cm³/mol. The fourth-order valence-electron chi connectivity index (χ4n) is 2.81. The van der Waals surface area contributed by atoms with E-state index < -0.39 is 0 Å². The van der Waals surface area contributed by atoms with E-state index >= 15 is 0 Å². The molecule has 2 fully saturated rings. The average Bonchev–Trinajstić information content (AvgIpc) is 3.15. The van der Waals surface area contributed by atoms with Crippen LogP contribution in [0.1, 0.15) is 29.6 Å². The number of rotatable bonds is 4. The Morgan fingerprint density at radius 3 is 2.80 bits per heavy atom. The van der Waals surface area contributed by atoms with E-state index in [1.165, 1.54) is 25.8 Å². The summed E-state index contributed by atoms with van der Waals surface area (Å²) in [6.07, 6.45) is 3.87. The van der Waals surface area contributed by atoms with Crippen LogP contribution in [0.15, 0.2) is 18.2 Å². The van der Waals surface area contributed by atoms with Crippen LogP contribution in [0, 0.1) is 5.92 Å². The molecule has 1 saturated carbocycles. The maximum Gasteiger partial charge on any atom is 0.252 e. The lowest BCUT2D eigenvalue weighted by Crippen LogP contribution is -2.31. The molecule has 108 valence electrons. The molecule has 0 bridgehead atoms. The third-order valence-electron chi connectivity index (χ3n) is 4.11. The Morgan fingerprint density at radius 2 is 2.10 bits per heavy atom. The Hall–Kier alpha value is -0.770. The molecule has 1 aromatic carbocycles. The van der Waals surface area contributed by atoms with E-state index in [4.69, 9.17) is 23.2 Å². The molecule has 1 N–H and O–H groups in total. The highest BCUT2D eigenvalue weighted by atomic mass is 35.5. The Balaban J connectivity index is 1.51. The van der Waals surface area contributed by atoms with E-state index in [1.54, 1.807) is 18.2 Å². The smallest absolute Gasteiger partial charge is 0.252 e. The second-order valence-corrected chi connectivity index (χ2v) is 6.56. The lowest BCUT2D eigenvalue weighted by Gasteiger charge is -2.15. The number of hydrogen-bond donors (Lipinski definition) is 1. The Kier molecular flexibility index (Phi) is 4.20. The average molecular weight is 313 g/mol. The van der Waals surface area contributed by atoms with Crippen molar-refractivity contribution in [3.63, 3.8) is 0 Å². The summed E-state index contributed by atoms with van der Waals surface area (Å²) in [7, 11) is 0. The van der Waals surface area contributed by atoms with Gasteiger partial charge in [0.15, 0.2) is 0 Å². The number of halogens is 2. The van der Waals surface area contributed by atoms with Gasteiger partial charge < -0.3 is 10.2 Å². The van der Waals surface area contributed by atoms with Crippen LogP contribution < -0.4 is 5.32 Å². The molecule has 1 unspecified atom stereocenters. The van der Waals surface area contributed by atoms with Crippen molar-refractivity contribution in [3.05, 3.63) is 33.8 Å². The van der Waals surface area contributed by atoms with Crippen molar-refractivity contribution >= 4 is 29.1 Å². The van der Waals surface area contributed by atoms with Gasteiger partial charge in [0.25, 0.3) is 5.91 Å². The molecule has 2 aliphatic rings. The number of likely N-dealkylation sites (tertiary alicyclic amines) is 1. The van der Waals surface area contributed by atoms with Crippen molar-refractivity contribution in [2.24, 2.45) is 5.92 Å². The maximum absolute atomic E-state index is 12.1. The zero-order chi connectivity index (χ0) is 14.1. The highest BCUT2D eigenvalue weighted by Crippen LogP contribution is 2.31. The maximum atomic E-state index is 12.1. The van der Waals surface area contributed by atoms with E-state index in [9.17, 15) is 4.79 Å². The Labute approximate surface area is 129 Å². The molecule has 1 amide bonds. The van der Waals surface area contributed by atoms with Gasteiger partial charge in [-0.05, 0) is 49.9 Å². The second-order valence-electron chi connectivity index (χ2n) is 5.72. The summed E-state index contributed by atoms with van der Waals surface area (Å²) in [6.45, 7) is 3.01. The van der Waals surface area contributed by atoms with Crippen LogP contribution >= 0.6 is 23.2 Å². The largest absolute Gasteiger partial charge is 0.352 e. The quantitative estimate of drug-likeness (QED) is 0.926. The molecule has 1 saturated heterocycles. The van der Waals surface area contributed by atoms with Gasteiger partial charge in [0.05, 0.1) is 10.6 Å². The van der Waals surface area contributed by atoms with Crippen LogP contribution in [0.3, 0.4) is 0 Å². The van der Waals surface area contributed by atoms with Gasteiger partial charge in [-0.2, -0.15) is 0 Å². The lowest BCUT2D eigenvalue weighted by molar-refractivity contribution is 0.0947. The predicted octanol–water partition coefficient (Wildman–Crippen LogP) is 3.21. The molecule has 5 heteroatoms. The molecule has 1 atom stereocenters. The molecule has 20 heavy (non-hydrogen) atoms. The third kappa shape index (κ3) is 3.27. The number of nitrogens with one attached hydrogen (secondary N) is 1. The van der Waals surface area contributed by atoms with Crippen molar-refractivity contribution in [1.29, 1.82) is 0 Å². The van der Waals surface area contributed by atoms with Gasteiger partial charge in [-0.1, -0.05) is 23.2 Å². The molecular weight excluding hydrogens is 295 g/mol. The van der Waals surface area contributed by atoms with Gasteiger partial charge in [-0.15, -0.1) is 0 Å². The minimum Gasteiger partial charge on any atom is -0.352 e. The molecule has 1 aliphatic carbocycles. The number of benzene rings is 1. The zero-order valence-corrected chi connectivity index (χ0v) is 12.8. The van der Waals surface area contributed by atoms with E-state index in [-0.39, 0.29) is 5.91 Å². The Bertz CT molecular complexity index is 517. The molecule has 1 heterocycles. The number of carbonyl (C=O) groups is 1. The van der Waals surface area contributed by atoms with Crippen molar-refractivity contribution in [2.45, 2.75) is 25.3 Å². The van der Waals surface area contributed by atoms with Gasteiger partial charge in [0.1, 0.15) is 0 Å². The van der Waals surface area contributed by atoms with Gasteiger partial charge in [-0.25, -0.2) is 0 Å². The van der Waals surface area contributed by atoms with E-state index in [0.717, 1.165) is 19.1 Å². The molecular formula is C15H18Cl2N2O. The minimum atomic E-state index is -0.114. The highest BCUT2D eigenvalue weighted by molar-refractivity contribution is 6.36. The summed E-state index contributed by atoms with van der Waals surface area (Å²) in [5.74, 6) is 0.446. The lowest BCUT2D eigenvalue weighted by atomic mass is 10.1. The van der Waals surface area contributed by atoms with Crippen molar-refractivity contribution < 1.29 is 4.79 Å². The van der Waals surface area contributed by atoms with Crippen LogP contribution in [0.4, 0.5) is 0 Å².